The maximum absolute atomic E-state index is 10.7. The molecule has 0 fully saturated rings. The lowest BCUT2D eigenvalue weighted by Gasteiger charge is -1.97. The van der Waals surface area contributed by atoms with Crippen molar-refractivity contribution in [1.29, 1.82) is 0 Å². The molecular weight excluding hydrogens is 185 g/mol. The SMILES string of the molecule is Cc1nc(Cl)ccc1C(=O)Cl. The van der Waals surface area contributed by atoms with Crippen molar-refractivity contribution in [2.75, 3.05) is 0 Å². The summed E-state index contributed by atoms with van der Waals surface area (Å²) in [5.74, 6) is 0. The number of carbonyl (C=O) groups excluding carboxylic acids is 1. The molecule has 1 aromatic rings. The Morgan fingerprint density at radius 1 is 1.55 bits per heavy atom. The summed E-state index contributed by atoms with van der Waals surface area (Å²) in [5, 5.41) is -0.143. The fourth-order valence-electron chi connectivity index (χ4n) is 0.738. The van der Waals surface area contributed by atoms with Gasteiger partial charge >= 0.3 is 0 Å². The number of aryl methyl sites for hydroxylation is 1. The lowest BCUT2D eigenvalue weighted by molar-refractivity contribution is 0.108. The van der Waals surface area contributed by atoms with Gasteiger partial charge in [0.2, 0.25) is 0 Å². The lowest BCUT2D eigenvalue weighted by atomic mass is 10.2. The highest BCUT2D eigenvalue weighted by Gasteiger charge is 2.06. The van der Waals surface area contributed by atoms with Gasteiger partial charge < -0.3 is 0 Å². The van der Waals surface area contributed by atoms with Crippen LogP contribution in [0, 0.1) is 6.92 Å². The summed E-state index contributed by atoms with van der Waals surface area (Å²) in [4.78, 5) is 14.5. The predicted octanol–water partition coefficient (Wildman–Crippen LogP) is 2.42. The van der Waals surface area contributed by atoms with Gasteiger partial charge in [0.1, 0.15) is 5.15 Å². The summed E-state index contributed by atoms with van der Waals surface area (Å²) in [6.45, 7) is 1.68. The summed E-state index contributed by atoms with van der Waals surface area (Å²) < 4.78 is 0. The number of aromatic nitrogens is 1. The highest BCUT2D eigenvalue weighted by atomic mass is 35.5. The van der Waals surface area contributed by atoms with Crippen LogP contribution in [-0.2, 0) is 0 Å². The van der Waals surface area contributed by atoms with Gasteiger partial charge in [-0.15, -0.1) is 0 Å². The van der Waals surface area contributed by atoms with E-state index < -0.39 is 5.24 Å². The van der Waals surface area contributed by atoms with Crippen LogP contribution in [0.15, 0.2) is 12.1 Å². The molecule has 11 heavy (non-hydrogen) atoms. The minimum atomic E-state index is -0.508. The number of nitrogens with zero attached hydrogens (tertiary/aromatic N) is 1. The van der Waals surface area contributed by atoms with Crippen molar-refractivity contribution in [3.8, 4) is 0 Å². The van der Waals surface area contributed by atoms with Crippen LogP contribution in [0.25, 0.3) is 0 Å². The molecule has 2 nitrogen and oxygen atoms in total. The van der Waals surface area contributed by atoms with Gasteiger partial charge in [-0.2, -0.15) is 0 Å². The largest absolute Gasteiger partial charge is 0.276 e. The second kappa shape index (κ2) is 3.20. The van der Waals surface area contributed by atoms with Crippen molar-refractivity contribution in [2.45, 2.75) is 6.92 Å². The number of halogens is 2. The van der Waals surface area contributed by atoms with Crippen LogP contribution in [0.1, 0.15) is 16.1 Å². The first-order valence-corrected chi connectivity index (χ1v) is 3.70. The molecule has 0 unspecified atom stereocenters. The van der Waals surface area contributed by atoms with Crippen molar-refractivity contribution in [3.63, 3.8) is 0 Å². The molecule has 0 aliphatic rings. The quantitative estimate of drug-likeness (QED) is 0.502. The Morgan fingerprint density at radius 2 is 2.18 bits per heavy atom. The Bertz CT molecular complexity index is 298. The monoisotopic (exact) mass is 189 g/mol. The first-order chi connectivity index (χ1) is 5.11. The highest BCUT2D eigenvalue weighted by Crippen LogP contribution is 2.12. The lowest BCUT2D eigenvalue weighted by Crippen LogP contribution is -1.95. The molecule has 0 saturated heterocycles. The number of rotatable bonds is 1. The van der Waals surface area contributed by atoms with Crippen LogP contribution >= 0.6 is 23.2 Å². The maximum atomic E-state index is 10.7. The van der Waals surface area contributed by atoms with Gasteiger partial charge in [0.05, 0.1) is 11.3 Å². The van der Waals surface area contributed by atoms with Crippen LogP contribution in [0.5, 0.6) is 0 Å². The van der Waals surface area contributed by atoms with Gasteiger partial charge in [0.15, 0.2) is 0 Å². The second-order valence-corrected chi connectivity index (χ2v) is 2.77. The van der Waals surface area contributed by atoms with Crippen molar-refractivity contribution in [1.82, 2.24) is 4.98 Å². The van der Waals surface area contributed by atoms with Crippen LogP contribution in [0.2, 0.25) is 5.15 Å². The number of carbonyl (C=O) groups is 1. The Hall–Kier alpha value is -0.600. The summed E-state index contributed by atoms with van der Waals surface area (Å²) in [5.41, 5.74) is 0.952. The van der Waals surface area contributed by atoms with Crippen molar-refractivity contribution < 1.29 is 4.79 Å². The summed E-state index contributed by atoms with van der Waals surface area (Å²) >= 11 is 10.8. The molecule has 0 N–H and O–H groups in total. The molecule has 0 spiro atoms. The molecule has 58 valence electrons. The van der Waals surface area contributed by atoms with Gasteiger partial charge in [0.25, 0.3) is 5.24 Å². The predicted molar refractivity (Wildman–Crippen MR) is 44.2 cm³/mol. The Labute approximate surface area is 74.1 Å². The van der Waals surface area contributed by atoms with E-state index in [9.17, 15) is 4.79 Å². The first-order valence-electron chi connectivity index (χ1n) is 2.94. The first kappa shape index (κ1) is 8.50. The average Bonchev–Trinajstić information content (AvgIpc) is 1.85. The van der Waals surface area contributed by atoms with Gasteiger partial charge in [-0.1, -0.05) is 11.6 Å². The van der Waals surface area contributed by atoms with Crippen LogP contribution < -0.4 is 0 Å². The minimum absolute atomic E-state index is 0.365. The van der Waals surface area contributed by atoms with Crippen molar-refractivity contribution >= 4 is 28.4 Å². The number of hydrogen-bond acceptors (Lipinski definition) is 2. The Kier molecular flexibility index (Phi) is 2.47. The van der Waals surface area contributed by atoms with E-state index in [4.69, 9.17) is 23.2 Å². The third-order valence-corrected chi connectivity index (χ3v) is 1.68. The molecule has 0 bridgehead atoms. The van der Waals surface area contributed by atoms with E-state index in [0.717, 1.165) is 0 Å². The van der Waals surface area contributed by atoms with Crippen molar-refractivity contribution in [2.24, 2.45) is 0 Å². The fourth-order valence-corrected chi connectivity index (χ4v) is 1.13. The molecule has 0 atom stereocenters. The molecule has 0 aliphatic carbocycles. The number of pyridine rings is 1. The van der Waals surface area contributed by atoms with E-state index >= 15 is 0 Å². The van der Waals surface area contributed by atoms with Crippen molar-refractivity contribution in [3.05, 3.63) is 28.5 Å². The van der Waals surface area contributed by atoms with Gasteiger partial charge in [-0.05, 0) is 30.7 Å². The summed E-state index contributed by atoms with van der Waals surface area (Å²) in [6, 6.07) is 3.09. The average molecular weight is 190 g/mol. The minimum Gasteiger partial charge on any atom is -0.276 e. The van der Waals surface area contributed by atoms with Gasteiger partial charge in [-0.3, -0.25) is 4.79 Å². The normalized spacial score (nSPS) is 9.73. The molecule has 0 aromatic carbocycles. The second-order valence-electron chi connectivity index (χ2n) is 2.04. The molecule has 1 heterocycles. The van der Waals surface area contributed by atoms with E-state index in [0.29, 0.717) is 16.4 Å². The summed E-state index contributed by atoms with van der Waals surface area (Å²) in [7, 11) is 0. The van der Waals surface area contributed by atoms with Gasteiger partial charge in [0, 0.05) is 0 Å². The molecule has 1 aromatic heterocycles. The van der Waals surface area contributed by atoms with E-state index in [1.807, 2.05) is 0 Å². The van der Waals surface area contributed by atoms with Crippen LogP contribution in [0.4, 0.5) is 0 Å². The zero-order valence-electron chi connectivity index (χ0n) is 5.77. The van der Waals surface area contributed by atoms with E-state index in [-0.39, 0.29) is 0 Å². The standard InChI is InChI=1S/C7H5Cl2NO/c1-4-5(7(9)11)2-3-6(8)10-4/h2-3H,1H3. The van der Waals surface area contributed by atoms with E-state index in [2.05, 4.69) is 4.98 Å². The van der Waals surface area contributed by atoms with Crippen LogP contribution in [0.3, 0.4) is 0 Å². The van der Waals surface area contributed by atoms with Gasteiger partial charge in [-0.25, -0.2) is 4.98 Å². The molecule has 4 heteroatoms. The summed E-state index contributed by atoms with van der Waals surface area (Å²) in [6.07, 6.45) is 0. The smallest absolute Gasteiger partial charge is 0.254 e. The topological polar surface area (TPSA) is 30.0 Å². The Balaban J connectivity index is 3.20. The zero-order chi connectivity index (χ0) is 8.43. The molecule has 0 aliphatic heterocycles. The van der Waals surface area contributed by atoms with E-state index in [1.165, 1.54) is 6.07 Å². The fraction of sp³-hybridized carbons (Fsp3) is 0.143. The number of hydrogen-bond donors (Lipinski definition) is 0. The molecular formula is C7H5Cl2NO. The van der Waals surface area contributed by atoms with E-state index in [1.54, 1.807) is 13.0 Å². The molecule has 0 amide bonds. The molecule has 1 rings (SSSR count). The highest BCUT2D eigenvalue weighted by molar-refractivity contribution is 6.67. The Morgan fingerprint density at radius 3 is 2.64 bits per heavy atom. The maximum Gasteiger partial charge on any atom is 0.254 e. The molecule has 0 saturated carbocycles. The zero-order valence-corrected chi connectivity index (χ0v) is 7.28. The molecule has 0 radical (unpaired) electrons. The van der Waals surface area contributed by atoms with Crippen LogP contribution in [-0.4, -0.2) is 10.2 Å². The third-order valence-electron chi connectivity index (χ3n) is 1.26. The third kappa shape index (κ3) is 1.91.